The van der Waals surface area contributed by atoms with Gasteiger partial charge < -0.3 is 15.0 Å². The molecule has 136 valence electrons. The van der Waals surface area contributed by atoms with E-state index in [1.165, 1.54) is 23.1 Å². The van der Waals surface area contributed by atoms with Gasteiger partial charge in [-0.05, 0) is 67.1 Å². The summed E-state index contributed by atoms with van der Waals surface area (Å²) in [6.07, 6.45) is 6.29. The number of nitrogens with one attached hydrogen (secondary N) is 1. The van der Waals surface area contributed by atoms with Crippen molar-refractivity contribution in [2.75, 3.05) is 19.6 Å². The summed E-state index contributed by atoms with van der Waals surface area (Å²) in [5.74, 6) is 0.218. The van der Waals surface area contributed by atoms with E-state index in [9.17, 15) is 9.50 Å². The van der Waals surface area contributed by atoms with E-state index in [1.54, 1.807) is 12.1 Å². The number of halogens is 1. The zero-order valence-electron chi connectivity index (χ0n) is 14.7. The molecule has 4 rings (SSSR count). The first-order chi connectivity index (χ1) is 12.7. The van der Waals surface area contributed by atoms with E-state index in [-0.39, 0.29) is 5.82 Å². The summed E-state index contributed by atoms with van der Waals surface area (Å²) in [6.45, 7) is 2.61. The molecular formula is C21H24FN3O. The van der Waals surface area contributed by atoms with Gasteiger partial charge in [-0.2, -0.15) is 0 Å². The van der Waals surface area contributed by atoms with Crippen LogP contribution in [0.5, 0.6) is 0 Å². The number of rotatable bonds is 5. The molecule has 0 radical (unpaired) electrons. The number of β-amino-alcohol motifs (C(OH)–C–C–N with tert-alkyl or cyclic N) is 1. The van der Waals surface area contributed by atoms with E-state index in [1.807, 2.05) is 12.3 Å². The third kappa shape index (κ3) is 3.79. The molecule has 3 aromatic rings. The van der Waals surface area contributed by atoms with Crippen LogP contribution in [0.1, 0.15) is 29.9 Å². The normalized spacial score (nSPS) is 19.7. The summed E-state index contributed by atoms with van der Waals surface area (Å²) in [7, 11) is 0. The Morgan fingerprint density at radius 2 is 2.12 bits per heavy atom. The molecule has 2 atom stereocenters. The van der Waals surface area contributed by atoms with Crippen LogP contribution in [0.15, 0.2) is 48.8 Å². The predicted molar refractivity (Wildman–Crippen MR) is 101 cm³/mol. The van der Waals surface area contributed by atoms with Crippen molar-refractivity contribution in [2.45, 2.75) is 31.3 Å². The van der Waals surface area contributed by atoms with Gasteiger partial charge in [0, 0.05) is 30.9 Å². The largest absolute Gasteiger partial charge is 0.391 e. The Kier molecular flexibility index (Phi) is 5.00. The van der Waals surface area contributed by atoms with Crippen LogP contribution in [0.3, 0.4) is 0 Å². The van der Waals surface area contributed by atoms with Crippen LogP contribution in [0.2, 0.25) is 0 Å². The summed E-state index contributed by atoms with van der Waals surface area (Å²) in [5.41, 5.74) is 3.23. The Morgan fingerprint density at radius 3 is 2.96 bits per heavy atom. The van der Waals surface area contributed by atoms with E-state index in [4.69, 9.17) is 0 Å². The van der Waals surface area contributed by atoms with Gasteiger partial charge in [-0.3, -0.25) is 0 Å². The van der Waals surface area contributed by atoms with Crippen molar-refractivity contribution in [3.05, 3.63) is 65.7 Å². The van der Waals surface area contributed by atoms with Gasteiger partial charge in [-0.15, -0.1) is 0 Å². The number of nitrogens with zero attached hydrogens (tertiary/aromatic N) is 2. The molecule has 0 amide bonds. The van der Waals surface area contributed by atoms with E-state index in [0.29, 0.717) is 18.9 Å². The van der Waals surface area contributed by atoms with Gasteiger partial charge in [0.2, 0.25) is 0 Å². The fourth-order valence-electron chi connectivity index (χ4n) is 4.05. The Labute approximate surface area is 152 Å². The first-order valence-corrected chi connectivity index (χ1v) is 9.26. The maximum atomic E-state index is 13.0. The van der Waals surface area contributed by atoms with Crippen molar-refractivity contribution in [3.63, 3.8) is 0 Å². The second kappa shape index (κ2) is 7.56. The van der Waals surface area contributed by atoms with Crippen LogP contribution in [0.4, 0.5) is 4.39 Å². The molecule has 2 N–H and O–H groups in total. The minimum atomic E-state index is -0.441. The molecular weight excluding hydrogens is 329 g/mol. The van der Waals surface area contributed by atoms with Crippen molar-refractivity contribution in [1.29, 1.82) is 0 Å². The molecule has 1 aliphatic rings. The average Bonchev–Trinajstić information content (AvgIpc) is 3.08. The molecule has 0 saturated carbocycles. The monoisotopic (exact) mass is 353 g/mol. The topological polar surface area (TPSA) is 52.1 Å². The van der Waals surface area contributed by atoms with Gasteiger partial charge in [0.1, 0.15) is 11.5 Å². The molecule has 2 aromatic heterocycles. The predicted octanol–water partition coefficient (Wildman–Crippen LogP) is 3.49. The van der Waals surface area contributed by atoms with Gasteiger partial charge in [0.25, 0.3) is 0 Å². The summed E-state index contributed by atoms with van der Waals surface area (Å²) in [5, 5.41) is 11.7. The van der Waals surface area contributed by atoms with E-state index in [2.05, 4.69) is 27.1 Å². The van der Waals surface area contributed by atoms with Crippen molar-refractivity contribution in [1.82, 2.24) is 14.9 Å². The van der Waals surface area contributed by atoms with Crippen LogP contribution in [-0.4, -0.2) is 45.7 Å². The minimum Gasteiger partial charge on any atom is -0.391 e. The quantitative estimate of drug-likeness (QED) is 0.738. The van der Waals surface area contributed by atoms with Crippen LogP contribution in [0, 0.1) is 5.82 Å². The van der Waals surface area contributed by atoms with Gasteiger partial charge in [0.15, 0.2) is 0 Å². The van der Waals surface area contributed by atoms with Crippen molar-refractivity contribution < 1.29 is 9.50 Å². The molecule has 1 fully saturated rings. The molecule has 0 spiro atoms. The van der Waals surface area contributed by atoms with Gasteiger partial charge in [-0.1, -0.05) is 12.1 Å². The van der Waals surface area contributed by atoms with E-state index < -0.39 is 6.10 Å². The molecule has 1 saturated heterocycles. The number of hydrogen-bond donors (Lipinski definition) is 2. The highest BCUT2D eigenvalue weighted by Crippen LogP contribution is 2.31. The van der Waals surface area contributed by atoms with Crippen LogP contribution in [-0.2, 0) is 6.42 Å². The summed E-state index contributed by atoms with van der Waals surface area (Å²) < 4.78 is 13.0. The highest BCUT2D eigenvalue weighted by molar-refractivity contribution is 5.80. The van der Waals surface area contributed by atoms with Crippen molar-refractivity contribution in [3.8, 4) is 0 Å². The number of benzene rings is 1. The lowest BCUT2D eigenvalue weighted by molar-refractivity contribution is 0.0956. The van der Waals surface area contributed by atoms with E-state index in [0.717, 1.165) is 37.1 Å². The number of piperidine rings is 1. The third-order valence-electron chi connectivity index (χ3n) is 5.28. The first-order valence-electron chi connectivity index (χ1n) is 9.26. The second-order valence-corrected chi connectivity index (χ2v) is 7.23. The highest BCUT2D eigenvalue weighted by atomic mass is 19.1. The number of fused-ring (bicyclic) bond motifs is 1. The molecule has 3 heterocycles. The maximum absolute atomic E-state index is 13.0. The molecule has 4 nitrogen and oxygen atoms in total. The van der Waals surface area contributed by atoms with Crippen molar-refractivity contribution in [2.24, 2.45) is 0 Å². The fraction of sp³-hybridized carbons (Fsp3) is 0.381. The lowest BCUT2D eigenvalue weighted by atomic mass is 9.90. The Morgan fingerprint density at radius 1 is 1.27 bits per heavy atom. The number of pyridine rings is 1. The van der Waals surface area contributed by atoms with Crippen LogP contribution < -0.4 is 0 Å². The molecule has 0 aliphatic carbocycles. The Hall–Kier alpha value is -2.24. The lowest BCUT2D eigenvalue weighted by Gasteiger charge is -2.34. The SMILES string of the molecule is OC(Cc1ccc(F)cc1)CN1CCCC(c2c[nH]c3ncccc23)C1. The molecule has 1 aliphatic heterocycles. The molecule has 0 bridgehead atoms. The summed E-state index contributed by atoms with van der Waals surface area (Å²) in [4.78, 5) is 9.99. The molecule has 26 heavy (non-hydrogen) atoms. The van der Waals surface area contributed by atoms with Gasteiger partial charge >= 0.3 is 0 Å². The molecule has 5 heteroatoms. The Balaban J connectivity index is 1.39. The number of aromatic nitrogens is 2. The van der Waals surface area contributed by atoms with Crippen LogP contribution >= 0.6 is 0 Å². The third-order valence-corrected chi connectivity index (χ3v) is 5.28. The number of likely N-dealkylation sites (tertiary alicyclic amines) is 1. The average molecular weight is 353 g/mol. The number of hydrogen-bond acceptors (Lipinski definition) is 3. The van der Waals surface area contributed by atoms with E-state index >= 15 is 0 Å². The zero-order valence-corrected chi connectivity index (χ0v) is 14.7. The first kappa shape index (κ1) is 17.2. The molecule has 1 aromatic carbocycles. The number of aromatic amines is 1. The highest BCUT2D eigenvalue weighted by Gasteiger charge is 2.25. The summed E-state index contributed by atoms with van der Waals surface area (Å²) >= 11 is 0. The summed E-state index contributed by atoms with van der Waals surface area (Å²) in [6, 6.07) is 10.5. The van der Waals surface area contributed by atoms with Crippen LogP contribution in [0.25, 0.3) is 11.0 Å². The zero-order chi connectivity index (χ0) is 17.9. The fourth-order valence-corrected chi connectivity index (χ4v) is 4.05. The maximum Gasteiger partial charge on any atom is 0.137 e. The van der Waals surface area contributed by atoms with Gasteiger partial charge in [-0.25, -0.2) is 9.37 Å². The smallest absolute Gasteiger partial charge is 0.137 e. The van der Waals surface area contributed by atoms with Gasteiger partial charge in [0.05, 0.1) is 6.10 Å². The number of aliphatic hydroxyl groups is 1. The molecule has 2 unspecified atom stereocenters. The lowest BCUT2D eigenvalue weighted by Crippen LogP contribution is -2.40. The second-order valence-electron chi connectivity index (χ2n) is 7.23. The minimum absolute atomic E-state index is 0.240. The Bertz CT molecular complexity index is 861. The number of aliphatic hydroxyl groups excluding tert-OH is 1. The standard InChI is InChI=1S/C21H24FN3O/c22-17-7-5-15(6-8-17)11-18(26)14-25-10-2-3-16(13-25)20-12-24-21-19(20)4-1-9-23-21/h1,4-9,12,16,18,26H,2-3,10-11,13-14H2,(H,23,24). The van der Waals surface area contributed by atoms with Crippen molar-refractivity contribution >= 4 is 11.0 Å². The number of H-pyrrole nitrogens is 1.